The van der Waals surface area contributed by atoms with E-state index >= 15 is 0 Å². The second-order valence-electron chi connectivity index (χ2n) is 8.62. The van der Waals surface area contributed by atoms with Crippen LogP contribution in [0.1, 0.15) is 51.0 Å². The second kappa shape index (κ2) is 6.51. The van der Waals surface area contributed by atoms with Crippen LogP contribution in [0.5, 0.6) is 5.75 Å². The predicted octanol–water partition coefficient (Wildman–Crippen LogP) is 4.43. The quantitative estimate of drug-likeness (QED) is 0.806. The second-order valence-corrected chi connectivity index (χ2v) is 8.62. The van der Waals surface area contributed by atoms with Gasteiger partial charge >= 0.3 is 0 Å². The summed E-state index contributed by atoms with van der Waals surface area (Å²) in [5.74, 6) is 3.61. The molecule has 4 fully saturated rings. The zero-order valence-corrected chi connectivity index (χ0v) is 15.3. The van der Waals surface area contributed by atoms with Gasteiger partial charge in [-0.1, -0.05) is 12.1 Å². The minimum Gasteiger partial charge on any atom is -0.497 e. The number of amides is 1. The summed E-state index contributed by atoms with van der Waals surface area (Å²) in [6.45, 7) is 2.23. The van der Waals surface area contributed by atoms with Crippen LogP contribution in [0.15, 0.2) is 30.3 Å². The number of benzene rings is 1. The fraction of sp³-hybridized carbons (Fsp3) is 0.591. The van der Waals surface area contributed by atoms with Crippen molar-refractivity contribution < 1.29 is 9.53 Å². The molecule has 1 unspecified atom stereocenters. The molecule has 1 aromatic carbocycles. The van der Waals surface area contributed by atoms with Crippen LogP contribution in [0.2, 0.25) is 0 Å². The third-order valence-corrected chi connectivity index (χ3v) is 6.91. The molecule has 0 radical (unpaired) electrons. The molecule has 5 rings (SSSR count). The summed E-state index contributed by atoms with van der Waals surface area (Å²) in [4.78, 5) is 12.4. The Labute approximate surface area is 150 Å². The molecule has 4 bridgehead atoms. The van der Waals surface area contributed by atoms with Crippen molar-refractivity contribution in [2.45, 2.75) is 51.5 Å². The molecule has 4 saturated carbocycles. The average Bonchev–Trinajstić information content (AvgIpc) is 2.59. The summed E-state index contributed by atoms with van der Waals surface area (Å²) in [5.41, 5.74) is 1.37. The molecule has 1 N–H and O–H groups in total. The lowest BCUT2D eigenvalue weighted by Crippen LogP contribution is -2.55. The van der Waals surface area contributed by atoms with Crippen LogP contribution < -0.4 is 10.1 Å². The predicted molar refractivity (Wildman–Crippen MR) is 100 cm³/mol. The number of hydrogen-bond acceptors (Lipinski definition) is 2. The number of hydrogen-bond donors (Lipinski definition) is 1. The van der Waals surface area contributed by atoms with Gasteiger partial charge < -0.3 is 10.1 Å². The summed E-state index contributed by atoms with van der Waals surface area (Å²) < 4.78 is 5.16. The zero-order chi connectivity index (χ0) is 17.4. The number of carbonyl (C=O) groups is 1. The fourth-order valence-electron chi connectivity index (χ4n) is 6.01. The Bertz CT molecular complexity index is 626. The largest absolute Gasteiger partial charge is 0.497 e. The first kappa shape index (κ1) is 16.7. The molecule has 25 heavy (non-hydrogen) atoms. The molecule has 4 aliphatic rings. The minimum absolute atomic E-state index is 0.0269. The summed E-state index contributed by atoms with van der Waals surface area (Å²) in [5, 5.41) is 3.28. The van der Waals surface area contributed by atoms with E-state index in [2.05, 4.69) is 12.2 Å². The van der Waals surface area contributed by atoms with Crippen LogP contribution in [-0.2, 0) is 4.79 Å². The van der Waals surface area contributed by atoms with Crippen molar-refractivity contribution >= 4 is 12.0 Å². The Morgan fingerprint density at radius 1 is 1.12 bits per heavy atom. The molecule has 0 saturated heterocycles. The molecule has 0 aromatic heterocycles. The van der Waals surface area contributed by atoms with Crippen molar-refractivity contribution in [2.75, 3.05) is 7.11 Å². The number of methoxy groups -OCH3 is 1. The Balaban J connectivity index is 1.38. The lowest BCUT2D eigenvalue weighted by Gasteiger charge is -2.59. The highest BCUT2D eigenvalue weighted by atomic mass is 16.5. The van der Waals surface area contributed by atoms with Gasteiger partial charge in [-0.2, -0.15) is 0 Å². The molecule has 1 atom stereocenters. The van der Waals surface area contributed by atoms with Crippen molar-refractivity contribution in [1.82, 2.24) is 5.32 Å². The van der Waals surface area contributed by atoms with E-state index in [-0.39, 0.29) is 11.9 Å². The van der Waals surface area contributed by atoms with Gasteiger partial charge in [-0.05, 0) is 92.4 Å². The Kier molecular flexibility index (Phi) is 4.35. The van der Waals surface area contributed by atoms with Crippen LogP contribution in [-0.4, -0.2) is 19.1 Å². The maximum absolute atomic E-state index is 12.4. The molecule has 0 heterocycles. The van der Waals surface area contributed by atoms with Crippen molar-refractivity contribution in [1.29, 1.82) is 0 Å². The average molecular weight is 339 g/mol. The van der Waals surface area contributed by atoms with Crippen molar-refractivity contribution in [3.8, 4) is 5.75 Å². The van der Waals surface area contributed by atoms with Crippen molar-refractivity contribution in [2.24, 2.45) is 23.2 Å². The summed E-state index contributed by atoms with van der Waals surface area (Å²) in [7, 11) is 1.66. The van der Waals surface area contributed by atoms with E-state index in [9.17, 15) is 4.79 Å². The van der Waals surface area contributed by atoms with Crippen LogP contribution in [0.3, 0.4) is 0 Å². The van der Waals surface area contributed by atoms with E-state index < -0.39 is 0 Å². The molecule has 1 amide bonds. The molecular weight excluding hydrogens is 310 g/mol. The third-order valence-electron chi connectivity index (χ3n) is 6.91. The lowest BCUT2D eigenvalue weighted by molar-refractivity contribution is -0.121. The number of nitrogens with one attached hydrogen (secondary N) is 1. The van der Waals surface area contributed by atoms with Crippen LogP contribution in [0.25, 0.3) is 6.08 Å². The molecule has 3 nitrogen and oxygen atoms in total. The highest BCUT2D eigenvalue weighted by Crippen LogP contribution is 2.61. The Morgan fingerprint density at radius 2 is 1.68 bits per heavy atom. The third kappa shape index (κ3) is 3.33. The van der Waals surface area contributed by atoms with Gasteiger partial charge in [-0.25, -0.2) is 0 Å². The van der Waals surface area contributed by atoms with Gasteiger partial charge in [0.15, 0.2) is 0 Å². The molecule has 1 aromatic rings. The summed E-state index contributed by atoms with van der Waals surface area (Å²) in [6.07, 6.45) is 11.8. The van der Waals surface area contributed by atoms with Gasteiger partial charge in [0.25, 0.3) is 0 Å². The molecule has 0 aliphatic heterocycles. The summed E-state index contributed by atoms with van der Waals surface area (Å²) in [6, 6.07) is 8.02. The number of ether oxygens (including phenoxy) is 1. The molecule has 0 spiro atoms. The molecular formula is C22H29NO2. The van der Waals surface area contributed by atoms with Gasteiger partial charge in [0.05, 0.1) is 7.11 Å². The first-order valence-corrected chi connectivity index (χ1v) is 9.69. The fourth-order valence-corrected chi connectivity index (χ4v) is 6.01. The van der Waals surface area contributed by atoms with E-state index in [1.54, 1.807) is 13.2 Å². The van der Waals surface area contributed by atoms with E-state index in [1.807, 2.05) is 30.3 Å². The van der Waals surface area contributed by atoms with Crippen LogP contribution in [0.4, 0.5) is 0 Å². The first-order chi connectivity index (χ1) is 12.1. The highest BCUT2D eigenvalue weighted by molar-refractivity contribution is 5.91. The van der Waals surface area contributed by atoms with Gasteiger partial charge in [0.1, 0.15) is 5.75 Å². The Morgan fingerprint density at radius 3 is 2.20 bits per heavy atom. The van der Waals surface area contributed by atoms with Crippen LogP contribution >= 0.6 is 0 Å². The van der Waals surface area contributed by atoms with E-state index in [4.69, 9.17) is 4.74 Å². The normalized spacial score (nSPS) is 34.2. The minimum atomic E-state index is 0.0269. The van der Waals surface area contributed by atoms with E-state index in [0.717, 1.165) is 29.1 Å². The van der Waals surface area contributed by atoms with Gasteiger partial charge in [0.2, 0.25) is 5.91 Å². The zero-order valence-electron chi connectivity index (χ0n) is 15.3. The van der Waals surface area contributed by atoms with Gasteiger partial charge in [0, 0.05) is 12.1 Å². The van der Waals surface area contributed by atoms with Gasteiger partial charge in [-0.3, -0.25) is 4.79 Å². The van der Waals surface area contributed by atoms with Crippen molar-refractivity contribution in [3.05, 3.63) is 35.9 Å². The standard InChI is InChI=1S/C22H29NO2/c1-15(22-12-17-9-18(13-22)11-19(10-17)14-22)23-21(24)8-5-16-3-6-20(25-2)7-4-16/h3-8,15,17-19H,9-14H2,1-2H3,(H,23,24)/b8-5+. The monoisotopic (exact) mass is 339 g/mol. The number of carbonyl (C=O) groups excluding carboxylic acids is 1. The molecule has 134 valence electrons. The molecule has 4 aliphatic carbocycles. The lowest BCUT2D eigenvalue weighted by atomic mass is 9.48. The maximum Gasteiger partial charge on any atom is 0.244 e. The topological polar surface area (TPSA) is 38.3 Å². The van der Waals surface area contributed by atoms with E-state index in [0.29, 0.717) is 5.41 Å². The SMILES string of the molecule is COc1ccc(/C=C/C(=O)NC(C)C23CC4CC(CC(C4)C2)C3)cc1. The Hall–Kier alpha value is -1.77. The van der Waals surface area contributed by atoms with Crippen molar-refractivity contribution in [3.63, 3.8) is 0 Å². The summed E-state index contributed by atoms with van der Waals surface area (Å²) >= 11 is 0. The van der Waals surface area contributed by atoms with Crippen LogP contribution in [0, 0.1) is 23.2 Å². The molecule has 3 heteroatoms. The number of rotatable bonds is 5. The maximum atomic E-state index is 12.4. The van der Waals surface area contributed by atoms with Gasteiger partial charge in [-0.15, -0.1) is 0 Å². The first-order valence-electron chi connectivity index (χ1n) is 9.69. The highest BCUT2D eigenvalue weighted by Gasteiger charge is 2.53. The smallest absolute Gasteiger partial charge is 0.244 e. The van der Waals surface area contributed by atoms with E-state index in [1.165, 1.54) is 38.5 Å².